The molecule has 2 aliphatic rings. The highest BCUT2D eigenvalue weighted by molar-refractivity contribution is 4.96. The normalized spacial score (nSPS) is 41.2. The minimum absolute atomic E-state index is 0.0993. The molecule has 5 heteroatoms. The van der Waals surface area contributed by atoms with Crippen LogP contribution in [-0.2, 0) is 4.74 Å². The lowest BCUT2D eigenvalue weighted by Gasteiger charge is -2.45. The summed E-state index contributed by atoms with van der Waals surface area (Å²) in [5.74, 6) is 0.688. The van der Waals surface area contributed by atoms with Gasteiger partial charge in [0.2, 0.25) is 0 Å². The molecule has 1 N–H and O–H groups in total. The Morgan fingerprint density at radius 1 is 1.25 bits per heavy atom. The van der Waals surface area contributed by atoms with Crippen molar-refractivity contribution < 1.29 is 17.9 Å². The molecule has 0 radical (unpaired) electrons. The zero-order chi connectivity index (χ0) is 11.8. The van der Waals surface area contributed by atoms with E-state index in [-0.39, 0.29) is 18.7 Å². The topological polar surface area (TPSA) is 21.3 Å². The van der Waals surface area contributed by atoms with Crippen molar-refractivity contribution in [3.8, 4) is 0 Å². The first-order valence-corrected chi connectivity index (χ1v) is 5.85. The third-order valence-electron chi connectivity index (χ3n) is 3.82. The number of rotatable bonds is 0. The molecular weight excluding hydrogens is 219 g/mol. The molecule has 2 nitrogen and oxygen atoms in total. The van der Waals surface area contributed by atoms with E-state index < -0.39 is 12.3 Å². The Hall–Kier alpha value is -0.290. The van der Waals surface area contributed by atoms with E-state index in [0.717, 1.165) is 25.7 Å². The predicted molar refractivity (Wildman–Crippen MR) is 54.2 cm³/mol. The van der Waals surface area contributed by atoms with Gasteiger partial charge in [0.25, 0.3) is 0 Å². The first-order chi connectivity index (χ1) is 7.41. The summed E-state index contributed by atoms with van der Waals surface area (Å²) in [7, 11) is 0. The number of morpholine rings is 1. The molecule has 1 heterocycles. The van der Waals surface area contributed by atoms with Crippen LogP contribution in [0.2, 0.25) is 0 Å². The molecule has 1 atom stereocenters. The molecule has 1 aliphatic heterocycles. The van der Waals surface area contributed by atoms with Crippen molar-refractivity contribution in [1.82, 2.24) is 5.32 Å². The molecule has 0 bridgehead atoms. The van der Waals surface area contributed by atoms with Crippen LogP contribution in [0.5, 0.6) is 0 Å². The highest BCUT2D eigenvalue weighted by Gasteiger charge is 2.47. The van der Waals surface area contributed by atoms with Crippen molar-refractivity contribution in [2.24, 2.45) is 5.92 Å². The molecule has 94 valence electrons. The van der Waals surface area contributed by atoms with Crippen LogP contribution < -0.4 is 5.32 Å². The summed E-state index contributed by atoms with van der Waals surface area (Å²) in [5.41, 5.74) is -0.186. The van der Waals surface area contributed by atoms with Crippen molar-refractivity contribution in [2.45, 2.75) is 50.4 Å². The lowest BCUT2D eigenvalue weighted by atomic mass is 9.77. The van der Waals surface area contributed by atoms with E-state index in [1.165, 1.54) is 0 Å². The SMILES string of the molecule is CC1CCC2(CC1)COC(C(F)(F)F)CN2. The maximum absolute atomic E-state index is 12.4. The third-order valence-corrected chi connectivity index (χ3v) is 3.82. The second-order valence-electron chi connectivity index (χ2n) is 5.19. The van der Waals surface area contributed by atoms with Gasteiger partial charge in [-0.1, -0.05) is 6.92 Å². The highest BCUT2D eigenvalue weighted by atomic mass is 19.4. The quantitative estimate of drug-likeness (QED) is 0.699. The Bertz CT molecular complexity index is 236. The summed E-state index contributed by atoms with van der Waals surface area (Å²) >= 11 is 0. The molecule has 0 aromatic rings. The minimum Gasteiger partial charge on any atom is -0.366 e. The smallest absolute Gasteiger partial charge is 0.366 e. The van der Waals surface area contributed by atoms with Crippen molar-refractivity contribution in [3.05, 3.63) is 0 Å². The molecule has 1 spiro atoms. The van der Waals surface area contributed by atoms with Crippen molar-refractivity contribution >= 4 is 0 Å². The molecule has 1 saturated carbocycles. The van der Waals surface area contributed by atoms with E-state index in [4.69, 9.17) is 4.74 Å². The molecule has 16 heavy (non-hydrogen) atoms. The average molecular weight is 237 g/mol. The third kappa shape index (κ3) is 2.51. The van der Waals surface area contributed by atoms with E-state index in [1.807, 2.05) is 0 Å². The van der Waals surface area contributed by atoms with E-state index in [2.05, 4.69) is 12.2 Å². The summed E-state index contributed by atoms with van der Waals surface area (Å²) in [5, 5.41) is 3.07. The summed E-state index contributed by atoms with van der Waals surface area (Å²) in [6, 6.07) is 0. The molecule has 0 aromatic heterocycles. The first kappa shape index (κ1) is 12.2. The van der Waals surface area contributed by atoms with Crippen LogP contribution in [0.1, 0.15) is 32.6 Å². The molecule has 2 fully saturated rings. The largest absolute Gasteiger partial charge is 0.415 e. The Morgan fingerprint density at radius 2 is 1.88 bits per heavy atom. The predicted octanol–water partition coefficient (Wildman–Crippen LogP) is 2.49. The number of hydrogen-bond donors (Lipinski definition) is 1. The fourth-order valence-corrected chi connectivity index (χ4v) is 2.53. The Balaban J connectivity index is 1.89. The molecule has 0 aromatic carbocycles. The van der Waals surface area contributed by atoms with Gasteiger partial charge < -0.3 is 10.1 Å². The van der Waals surface area contributed by atoms with Gasteiger partial charge in [-0.3, -0.25) is 0 Å². The van der Waals surface area contributed by atoms with Gasteiger partial charge in [-0.25, -0.2) is 0 Å². The van der Waals surface area contributed by atoms with Gasteiger partial charge >= 0.3 is 6.18 Å². The zero-order valence-corrected chi connectivity index (χ0v) is 9.44. The molecule has 1 saturated heterocycles. The van der Waals surface area contributed by atoms with Gasteiger partial charge in [0.1, 0.15) is 0 Å². The monoisotopic (exact) mass is 237 g/mol. The number of ether oxygens (including phenoxy) is 1. The average Bonchev–Trinajstić information content (AvgIpc) is 2.22. The van der Waals surface area contributed by atoms with Crippen molar-refractivity contribution in [1.29, 1.82) is 0 Å². The number of halogens is 3. The standard InChI is InChI=1S/C11H18F3NO/c1-8-2-4-10(5-3-8)7-16-9(6-15-10)11(12,13)14/h8-9,15H,2-7H2,1H3. The molecule has 1 unspecified atom stereocenters. The van der Waals surface area contributed by atoms with Crippen molar-refractivity contribution in [2.75, 3.05) is 13.2 Å². The second-order valence-corrected chi connectivity index (χ2v) is 5.19. The molecule has 2 rings (SSSR count). The van der Waals surface area contributed by atoms with Gasteiger partial charge in [0, 0.05) is 12.1 Å². The summed E-state index contributed by atoms with van der Waals surface area (Å²) in [4.78, 5) is 0. The molecular formula is C11H18F3NO. The first-order valence-electron chi connectivity index (χ1n) is 5.85. The maximum Gasteiger partial charge on any atom is 0.415 e. The number of nitrogens with one attached hydrogen (secondary N) is 1. The van der Waals surface area contributed by atoms with Crippen LogP contribution in [0, 0.1) is 5.92 Å². The van der Waals surface area contributed by atoms with Crippen LogP contribution in [-0.4, -0.2) is 31.0 Å². The Kier molecular flexibility index (Phi) is 3.18. The van der Waals surface area contributed by atoms with Crippen LogP contribution >= 0.6 is 0 Å². The van der Waals surface area contributed by atoms with Crippen LogP contribution in [0.25, 0.3) is 0 Å². The maximum atomic E-state index is 12.4. The van der Waals surface area contributed by atoms with Gasteiger partial charge in [-0.15, -0.1) is 0 Å². The minimum atomic E-state index is -4.24. The summed E-state index contributed by atoms with van der Waals surface area (Å²) in [6.07, 6.45) is -1.86. The number of alkyl halides is 3. The van der Waals surface area contributed by atoms with E-state index in [0.29, 0.717) is 5.92 Å². The lowest BCUT2D eigenvalue weighted by molar-refractivity contribution is -0.237. The van der Waals surface area contributed by atoms with E-state index in [9.17, 15) is 13.2 Å². The van der Waals surface area contributed by atoms with E-state index >= 15 is 0 Å². The molecule has 0 amide bonds. The second kappa shape index (κ2) is 4.18. The summed E-state index contributed by atoms with van der Waals surface area (Å²) < 4.78 is 42.2. The van der Waals surface area contributed by atoms with Gasteiger partial charge in [-0.05, 0) is 31.6 Å². The van der Waals surface area contributed by atoms with E-state index in [1.54, 1.807) is 0 Å². The fourth-order valence-electron chi connectivity index (χ4n) is 2.53. The lowest BCUT2D eigenvalue weighted by Crippen LogP contribution is -2.61. The zero-order valence-electron chi connectivity index (χ0n) is 9.44. The Morgan fingerprint density at radius 3 is 2.31 bits per heavy atom. The number of hydrogen-bond acceptors (Lipinski definition) is 2. The highest BCUT2D eigenvalue weighted by Crippen LogP contribution is 2.36. The Labute approximate surface area is 93.5 Å². The molecule has 1 aliphatic carbocycles. The van der Waals surface area contributed by atoms with Crippen molar-refractivity contribution in [3.63, 3.8) is 0 Å². The van der Waals surface area contributed by atoms with Crippen LogP contribution in [0.15, 0.2) is 0 Å². The van der Waals surface area contributed by atoms with Crippen LogP contribution in [0.4, 0.5) is 13.2 Å². The van der Waals surface area contributed by atoms with Gasteiger partial charge in [0.15, 0.2) is 6.10 Å². The summed E-state index contributed by atoms with van der Waals surface area (Å²) in [6.45, 7) is 2.29. The van der Waals surface area contributed by atoms with Crippen LogP contribution in [0.3, 0.4) is 0 Å². The fraction of sp³-hybridized carbons (Fsp3) is 1.00. The van der Waals surface area contributed by atoms with Gasteiger partial charge in [0.05, 0.1) is 6.61 Å². The van der Waals surface area contributed by atoms with Gasteiger partial charge in [-0.2, -0.15) is 13.2 Å².